The molecule has 2 N–H and O–H groups in total. The number of rotatable bonds is 8. The van der Waals surface area contributed by atoms with Crippen LogP contribution in [0.15, 0.2) is 22.9 Å². The van der Waals surface area contributed by atoms with Crippen LogP contribution in [0.3, 0.4) is 0 Å². The van der Waals surface area contributed by atoms with Gasteiger partial charge in [-0.05, 0) is 40.1 Å². The molecule has 0 aliphatic rings. The largest absolute Gasteiger partial charge is 0.465 e. The van der Waals surface area contributed by atoms with Crippen molar-refractivity contribution in [1.82, 2.24) is 19.5 Å². The van der Waals surface area contributed by atoms with Crippen LogP contribution in [0.4, 0.5) is 10.6 Å². The van der Waals surface area contributed by atoms with E-state index in [4.69, 9.17) is 4.43 Å². The highest BCUT2D eigenvalue weighted by Gasteiger charge is 2.37. The van der Waals surface area contributed by atoms with E-state index >= 15 is 0 Å². The standard InChI is InChI=1S/C17H28BrN5O3Si/c1-17(2,3)27(4,5)26-11-10-22(16(24)25)9-7-19-14-6-8-23-15(21-14)13(18)12-20-23/h6,8,12H,7,9-11H2,1-5H3,(H,19,21)(H,24,25). The molecule has 0 fully saturated rings. The van der Waals surface area contributed by atoms with Gasteiger partial charge in [0.15, 0.2) is 14.0 Å². The third-order valence-electron chi connectivity index (χ3n) is 4.91. The third kappa shape index (κ3) is 5.66. The minimum Gasteiger partial charge on any atom is -0.465 e. The number of nitrogens with zero attached hydrogens (tertiary/aromatic N) is 4. The lowest BCUT2D eigenvalue weighted by Gasteiger charge is -2.36. The molecule has 0 aromatic carbocycles. The maximum Gasteiger partial charge on any atom is 0.407 e. The predicted molar refractivity (Wildman–Crippen MR) is 112 cm³/mol. The Morgan fingerprint density at radius 2 is 2.11 bits per heavy atom. The molecule has 0 bridgehead atoms. The molecular weight excluding hydrogens is 430 g/mol. The highest BCUT2D eigenvalue weighted by Crippen LogP contribution is 2.36. The van der Waals surface area contributed by atoms with E-state index in [1.807, 2.05) is 0 Å². The van der Waals surface area contributed by atoms with Gasteiger partial charge in [0, 0.05) is 25.8 Å². The van der Waals surface area contributed by atoms with Gasteiger partial charge in [0.1, 0.15) is 5.82 Å². The zero-order valence-corrected chi connectivity index (χ0v) is 19.1. The second kappa shape index (κ2) is 8.57. The lowest BCUT2D eigenvalue weighted by molar-refractivity contribution is 0.135. The van der Waals surface area contributed by atoms with Crippen LogP contribution in [-0.4, -0.2) is 65.3 Å². The number of hydrogen-bond acceptors (Lipinski definition) is 5. The quantitative estimate of drug-likeness (QED) is 0.583. The Morgan fingerprint density at radius 3 is 2.74 bits per heavy atom. The van der Waals surface area contributed by atoms with Gasteiger partial charge in [-0.2, -0.15) is 5.10 Å². The molecule has 0 atom stereocenters. The maximum absolute atomic E-state index is 11.5. The Bertz CT molecular complexity index is 790. The monoisotopic (exact) mass is 457 g/mol. The molecule has 1 amide bonds. The summed E-state index contributed by atoms with van der Waals surface area (Å²) in [6.07, 6.45) is 2.54. The highest BCUT2D eigenvalue weighted by atomic mass is 79.9. The number of carbonyl (C=O) groups is 1. The lowest BCUT2D eigenvalue weighted by atomic mass is 10.2. The van der Waals surface area contributed by atoms with Crippen LogP contribution in [-0.2, 0) is 4.43 Å². The first-order valence-corrected chi connectivity index (χ1v) is 12.6. The number of hydrogen-bond donors (Lipinski definition) is 2. The van der Waals surface area contributed by atoms with Crippen LogP contribution in [0.1, 0.15) is 20.8 Å². The molecule has 150 valence electrons. The van der Waals surface area contributed by atoms with E-state index < -0.39 is 14.4 Å². The van der Waals surface area contributed by atoms with Gasteiger partial charge in [0.05, 0.1) is 17.3 Å². The summed E-state index contributed by atoms with van der Waals surface area (Å²) < 4.78 is 8.55. The van der Waals surface area contributed by atoms with Crippen molar-refractivity contribution in [3.63, 3.8) is 0 Å². The summed E-state index contributed by atoms with van der Waals surface area (Å²) in [5, 5.41) is 16.8. The molecule has 8 nitrogen and oxygen atoms in total. The Balaban J connectivity index is 1.85. The molecule has 10 heteroatoms. The first-order valence-electron chi connectivity index (χ1n) is 8.87. The van der Waals surface area contributed by atoms with Crippen molar-refractivity contribution in [1.29, 1.82) is 0 Å². The van der Waals surface area contributed by atoms with Crippen molar-refractivity contribution < 1.29 is 14.3 Å². The average molecular weight is 458 g/mol. The van der Waals surface area contributed by atoms with Gasteiger partial charge in [-0.25, -0.2) is 14.3 Å². The third-order valence-corrected chi connectivity index (χ3v) is 10.0. The molecule has 2 aromatic heterocycles. The Morgan fingerprint density at radius 1 is 1.41 bits per heavy atom. The topological polar surface area (TPSA) is 92.0 Å². The number of halogens is 1. The lowest BCUT2D eigenvalue weighted by Crippen LogP contribution is -2.44. The van der Waals surface area contributed by atoms with Gasteiger partial charge in [-0.1, -0.05) is 20.8 Å². The van der Waals surface area contributed by atoms with E-state index in [9.17, 15) is 9.90 Å². The number of amides is 1. The molecule has 27 heavy (non-hydrogen) atoms. The van der Waals surface area contributed by atoms with Crippen molar-refractivity contribution in [3.05, 3.63) is 22.9 Å². The van der Waals surface area contributed by atoms with Gasteiger partial charge in [-0.15, -0.1) is 0 Å². The average Bonchev–Trinajstić information content (AvgIpc) is 2.93. The number of aromatic nitrogens is 3. The first-order chi connectivity index (χ1) is 12.5. The highest BCUT2D eigenvalue weighted by molar-refractivity contribution is 9.10. The van der Waals surface area contributed by atoms with Crippen molar-refractivity contribution >= 4 is 41.8 Å². The van der Waals surface area contributed by atoms with Gasteiger partial charge in [-0.3, -0.25) is 0 Å². The summed E-state index contributed by atoms with van der Waals surface area (Å²) in [5.74, 6) is 0.673. The van der Waals surface area contributed by atoms with Crippen molar-refractivity contribution in [2.24, 2.45) is 0 Å². The van der Waals surface area contributed by atoms with Gasteiger partial charge >= 0.3 is 6.09 Å². The SMILES string of the molecule is CC(C)(C)[Si](C)(C)OCCN(CCNc1ccn2ncc(Br)c2n1)C(=O)O. The molecule has 0 unspecified atom stereocenters. The first kappa shape index (κ1) is 21.6. The summed E-state index contributed by atoms with van der Waals surface area (Å²) in [5.41, 5.74) is 0.706. The van der Waals surface area contributed by atoms with Crippen molar-refractivity contribution in [3.8, 4) is 0 Å². The number of nitrogens with one attached hydrogen (secondary N) is 1. The molecular formula is C17H28BrN5O3Si. The molecule has 0 saturated heterocycles. The van der Waals surface area contributed by atoms with E-state index in [0.29, 0.717) is 37.7 Å². The maximum atomic E-state index is 11.5. The van der Waals surface area contributed by atoms with Gasteiger partial charge < -0.3 is 19.7 Å². The van der Waals surface area contributed by atoms with Crippen LogP contribution >= 0.6 is 15.9 Å². The minimum atomic E-state index is -1.87. The van der Waals surface area contributed by atoms with Crippen molar-refractivity contribution in [2.45, 2.75) is 38.9 Å². The van der Waals surface area contributed by atoms with Crippen LogP contribution in [0.5, 0.6) is 0 Å². The van der Waals surface area contributed by atoms with E-state index in [1.54, 1.807) is 23.0 Å². The Hall–Kier alpha value is -1.65. The van der Waals surface area contributed by atoms with Crippen LogP contribution in [0, 0.1) is 0 Å². The van der Waals surface area contributed by atoms with E-state index in [1.165, 1.54) is 4.90 Å². The Labute approximate surface area is 169 Å². The molecule has 0 spiro atoms. The fourth-order valence-corrected chi connectivity index (χ4v) is 3.59. The normalized spacial score (nSPS) is 12.4. The molecule has 0 saturated carbocycles. The molecule has 0 aliphatic heterocycles. The smallest absolute Gasteiger partial charge is 0.407 e. The summed E-state index contributed by atoms with van der Waals surface area (Å²) in [7, 11) is -1.87. The predicted octanol–water partition coefficient (Wildman–Crippen LogP) is 3.91. The molecule has 0 radical (unpaired) electrons. The van der Waals surface area contributed by atoms with Crippen LogP contribution in [0.2, 0.25) is 18.1 Å². The van der Waals surface area contributed by atoms with E-state index in [2.05, 4.69) is 65.2 Å². The molecule has 2 rings (SSSR count). The number of fused-ring (bicyclic) bond motifs is 1. The summed E-state index contributed by atoms with van der Waals surface area (Å²) in [4.78, 5) is 17.3. The van der Waals surface area contributed by atoms with E-state index in [-0.39, 0.29) is 5.04 Å². The zero-order valence-electron chi connectivity index (χ0n) is 16.5. The summed E-state index contributed by atoms with van der Waals surface area (Å²) >= 11 is 3.40. The number of carboxylic acid groups (broad SMARTS) is 1. The van der Waals surface area contributed by atoms with E-state index in [0.717, 1.165) is 4.47 Å². The number of anilines is 1. The summed E-state index contributed by atoms with van der Waals surface area (Å²) in [6, 6.07) is 1.80. The van der Waals surface area contributed by atoms with Gasteiger partial charge in [0.25, 0.3) is 0 Å². The van der Waals surface area contributed by atoms with Crippen LogP contribution < -0.4 is 5.32 Å². The van der Waals surface area contributed by atoms with Crippen molar-refractivity contribution in [2.75, 3.05) is 31.6 Å². The zero-order chi connectivity index (χ0) is 20.2. The fraction of sp³-hybridized carbons (Fsp3) is 0.588. The minimum absolute atomic E-state index is 0.106. The Kier molecular flexibility index (Phi) is 6.87. The van der Waals surface area contributed by atoms with Crippen LogP contribution in [0.25, 0.3) is 5.65 Å². The van der Waals surface area contributed by atoms with Gasteiger partial charge in [0.2, 0.25) is 0 Å². The second-order valence-electron chi connectivity index (χ2n) is 7.88. The summed E-state index contributed by atoms with van der Waals surface area (Å²) in [6.45, 7) is 12.4. The molecule has 0 aliphatic carbocycles. The fourth-order valence-electron chi connectivity index (χ4n) is 2.19. The second-order valence-corrected chi connectivity index (χ2v) is 13.5. The molecule has 2 aromatic rings. The molecule has 2 heterocycles.